The highest BCUT2D eigenvalue weighted by Gasteiger charge is 2.14. The Morgan fingerprint density at radius 1 is 0.875 bits per heavy atom. The smallest absolute Gasteiger partial charge is 0.0725 e. The number of hydrogen-bond donors (Lipinski definition) is 0. The highest BCUT2D eigenvalue weighted by molar-refractivity contribution is 7.25. The lowest BCUT2D eigenvalue weighted by molar-refractivity contribution is 0.134. The van der Waals surface area contributed by atoms with E-state index < -0.39 is 0 Å². The maximum absolute atomic E-state index is 5.47. The molecule has 0 fully saturated rings. The van der Waals surface area contributed by atoms with Crippen LogP contribution in [0.25, 0.3) is 20.2 Å². The highest BCUT2D eigenvalue weighted by Crippen LogP contribution is 2.36. The predicted octanol–water partition coefficient (Wildman–Crippen LogP) is 4.08. The maximum Gasteiger partial charge on any atom is 0.0725 e. The molecular weight excluding hydrogens is 216 g/mol. The van der Waals surface area contributed by atoms with Crippen LogP contribution < -0.4 is 0 Å². The number of thiophene rings is 1. The molecule has 0 bridgehead atoms. The summed E-state index contributed by atoms with van der Waals surface area (Å²) in [5.74, 6) is 0. The normalized spacial score (nSPS) is 14.8. The van der Waals surface area contributed by atoms with Crippen LogP contribution in [0.2, 0.25) is 0 Å². The zero-order valence-electron chi connectivity index (χ0n) is 8.69. The number of benzene rings is 2. The van der Waals surface area contributed by atoms with Gasteiger partial charge in [0.15, 0.2) is 0 Å². The van der Waals surface area contributed by atoms with Crippen molar-refractivity contribution in [1.29, 1.82) is 0 Å². The Morgan fingerprint density at radius 2 is 1.69 bits per heavy atom. The van der Waals surface area contributed by atoms with E-state index in [1.165, 1.54) is 31.3 Å². The van der Waals surface area contributed by atoms with Gasteiger partial charge < -0.3 is 4.74 Å². The molecule has 3 aromatic rings. The molecule has 0 saturated heterocycles. The largest absolute Gasteiger partial charge is 0.372 e. The van der Waals surface area contributed by atoms with Crippen molar-refractivity contribution in [1.82, 2.24) is 0 Å². The zero-order valence-corrected chi connectivity index (χ0v) is 9.51. The summed E-state index contributed by atoms with van der Waals surface area (Å²) < 4.78 is 8.23. The van der Waals surface area contributed by atoms with E-state index in [-0.39, 0.29) is 0 Å². The van der Waals surface area contributed by atoms with Gasteiger partial charge in [-0.1, -0.05) is 18.2 Å². The van der Waals surface area contributed by atoms with Crippen molar-refractivity contribution in [3.05, 3.63) is 47.5 Å². The minimum atomic E-state index is 0.773. The van der Waals surface area contributed by atoms with Gasteiger partial charge in [0.05, 0.1) is 13.2 Å². The Bertz CT molecular complexity index is 696. The van der Waals surface area contributed by atoms with Crippen LogP contribution in [0.1, 0.15) is 11.1 Å². The van der Waals surface area contributed by atoms with Crippen LogP contribution in [-0.2, 0) is 18.0 Å². The second kappa shape index (κ2) is 3.06. The summed E-state index contributed by atoms with van der Waals surface area (Å²) in [6.07, 6.45) is 0. The summed E-state index contributed by atoms with van der Waals surface area (Å²) in [5, 5.41) is 2.75. The van der Waals surface area contributed by atoms with Gasteiger partial charge in [-0.05, 0) is 29.3 Å². The molecule has 2 heterocycles. The second-order valence-electron chi connectivity index (χ2n) is 4.21. The van der Waals surface area contributed by atoms with E-state index >= 15 is 0 Å². The fraction of sp³-hybridized carbons (Fsp3) is 0.143. The Kier molecular flexibility index (Phi) is 1.67. The molecule has 0 aliphatic carbocycles. The second-order valence-corrected chi connectivity index (χ2v) is 5.29. The molecule has 2 aromatic carbocycles. The Morgan fingerprint density at radius 3 is 2.62 bits per heavy atom. The van der Waals surface area contributed by atoms with Crippen LogP contribution in [0, 0.1) is 0 Å². The lowest BCUT2D eigenvalue weighted by Crippen LogP contribution is -1.80. The van der Waals surface area contributed by atoms with E-state index in [1.54, 1.807) is 0 Å². The molecule has 1 nitrogen and oxygen atoms in total. The molecule has 0 N–H and O–H groups in total. The van der Waals surface area contributed by atoms with Gasteiger partial charge in [0.1, 0.15) is 0 Å². The molecule has 1 aromatic heterocycles. The monoisotopic (exact) mass is 226 g/mol. The number of rotatable bonds is 0. The third kappa shape index (κ3) is 1.09. The standard InChI is InChI=1S/C14H10OS/c1-2-4-13-11(3-1)12-5-9-7-15-8-10(9)6-14(12)16-13/h1-6H,7-8H2. The first-order valence-electron chi connectivity index (χ1n) is 5.42. The molecule has 16 heavy (non-hydrogen) atoms. The molecule has 0 saturated carbocycles. The lowest BCUT2D eigenvalue weighted by atomic mass is 10.1. The Hall–Kier alpha value is -1.38. The van der Waals surface area contributed by atoms with Crippen molar-refractivity contribution in [3.8, 4) is 0 Å². The van der Waals surface area contributed by atoms with Crippen LogP contribution in [0.5, 0.6) is 0 Å². The molecule has 2 heteroatoms. The van der Waals surface area contributed by atoms with Crippen LogP contribution in [0.3, 0.4) is 0 Å². The highest BCUT2D eigenvalue weighted by atomic mass is 32.1. The van der Waals surface area contributed by atoms with E-state index in [9.17, 15) is 0 Å². The number of hydrogen-bond acceptors (Lipinski definition) is 2. The average Bonchev–Trinajstić information content (AvgIpc) is 2.88. The van der Waals surface area contributed by atoms with Crippen LogP contribution in [-0.4, -0.2) is 0 Å². The summed E-state index contributed by atoms with van der Waals surface area (Å²) in [6, 6.07) is 13.2. The number of fused-ring (bicyclic) bond motifs is 4. The van der Waals surface area contributed by atoms with Crippen molar-refractivity contribution >= 4 is 31.5 Å². The van der Waals surface area contributed by atoms with Gasteiger partial charge in [0.2, 0.25) is 0 Å². The first-order valence-corrected chi connectivity index (χ1v) is 6.24. The van der Waals surface area contributed by atoms with Gasteiger partial charge in [-0.15, -0.1) is 11.3 Å². The van der Waals surface area contributed by atoms with Crippen molar-refractivity contribution in [2.24, 2.45) is 0 Å². The minimum Gasteiger partial charge on any atom is -0.372 e. The molecule has 78 valence electrons. The summed E-state index contributed by atoms with van der Waals surface area (Å²) in [6.45, 7) is 1.55. The SMILES string of the molecule is c1ccc2c(c1)sc1cc3c(cc12)COC3. The fourth-order valence-electron chi connectivity index (χ4n) is 2.40. The van der Waals surface area contributed by atoms with Crippen molar-refractivity contribution in [2.75, 3.05) is 0 Å². The van der Waals surface area contributed by atoms with Crippen LogP contribution in [0.15, 0.2) is 36.4 Å². The Labute approximate surface area is 97.3 Å². The molecule has 4 rings (SSSR count). The van der Waals surface area contributed by atoms with Gasteiger partial charge in [-0.3, -0.25) is 0 Å². The van der Waals surface area contributed by atoms with E-state index in [2.05, 4.69) is 36.4 Å². The molecule has 0 amide bonds. The summed E-state index contributed by atoms with van der Waals surface area (Å²) in [7, 11) is 0. The molecule has 0 atom stereocenters. The Balaban J connectivity index is 2.19. The van der Waals surface area contributed by atoms with Gasteiger partial charge in [-0.25, -0.2) is 0 Å². The summed E-state index contributed by atoms with van der Waals surface area (Å²) >= 11 is 1.87. The minimum absolute atomic E-state index is 0.773. The average molecular weight is 226 g/mol. The van der Waals surface area contributed by atoms with Gasteiger partial charge >= 0.3 is 0 Å². The lowest BCUT2D eigenvalue weighted by Gasteiger charge is -1.97. The van der Waals surface area contributed by atoms with E-state index in [0.29, 0.717) is 0 Å². The summed E-state index contributed by atoms with van der Waals surface area (Å²) in [5.41, 5.74) is 2.72. The van der Waals surface area contributed by atoms with E-state index in [1.807, 2.05) is 11.3 Å². The van der Waals surface area contributed by atoms with E-state index in [0.717, 1.165) is 13.2 Å². The van der Waals surface area contributed by atoms with Crippen LogP contribution in [0.4, 0.5) is 0 Å². The summed E-state index contributed by atoms with van der Waals surface area (Å²) in [4.78, 5) is 0. The maximum atomic E-state index is 5.47. The van der Waals surface area contributed by atoms with Gasteiger partial charge in [0.25, 0.3) is 0 Å². The number of ether oxygens (including phenoxy) is 1. The molecule has 0 radical (unpaired) electrons. The first kappa shape index (κ1) is 8.74. The fourth-order valence-corrected chi connectivity index (χ4v) is 3.55. The van der Waals surface area contributed by atoms with Gasteiger partial charge in [-0.2, -0.15) is 0 Å². The van der Waals surface area contributed by atoms with Gasteiger partial charge in [0, 0.05) is 20.2 Å². The zero-order chi connectivity index (χ0) is 10.5. The van der Waals surface area contributed by atoms with E-state index in [4.69, 9.17) is 4.74 Å². The topological polar surface area (TPSA) is 9.23 Å². The molecule has 1 aliphatic heterocycles. The molecule has 0 unspecified atom stereocenters. The third-order valence-corrected chi connectivity index (χ3v) is 4.35. The van der Waals surface area contributed by atoms with Crippen LogP contribution >= 0.6 is 11.3 Å². The quantitative estimate of drug-likeness (QED) is 0.561. The van der Waals surface area contributed by atoms with Crippen molar-refractivity contribution in [2.45, 2.75) is 13.2 Å². The molecular formula is C14H10OS. The van der Waals surface area contributed by atoms with Crippen molar-refractivity contribution in [3.63, 3.8) is 0 Å². The first-order chi connectivity index (χ1) is 7.92. The molecule has 0 spiro atoms. The molecule has 1 aliphatic rings. The predicted molar refractivity (Wildman–Crippen MR) is 67.8 cm³/mol. The van der Waals surface area contributed by atoms with Crippen molar-refractivity contribution < 1.29 is 4.74 Å². The third-order valence-electron chi connectivity index (χ3n) is 3.21.